The van der Waals surface area contributed by atoms with Gasteiger partial charge in [0.25, 0.3) is 0 Å². The molecule has 0 heterocycles. The molecule has 4 heteroatoms. The van der Waals surface area contributed by atoms with Crippen molar-refractivity contribution in [3.63, 3.8) is 0 Å². The third-order valence-corrected chi connectivity index (χ3v) is 2.95. The number of ether oxygens (including phenoxy) is 2. The molecule has 1 rings (SSSR count). The average molecular weight is 272 g/mol. The van der Waals surface area contributed by atoms with E-state index in [9.17, 15) is 0 Å². The summed E-state index contributed by atoms with van der Waals surface area (Å²) in [6.45, 7) is 5.86. The number of halogens is 1. The molecule has 1 aromatic rings. The fourth-order valence-electron chi connectivity index (χ4n) is 1.56. The van der Waals surface area contributed by atoms with Crippen LogP contribution < -0.4 is 5.32 Å². The number of rotatable bonds is 9. The Kier molecular flexibility index (Phi) is 8.01. The zero-order valence-corrected chi connectivity index (χ0v) is 11.9. The van der Waals surface area contributed by atoms with E-state index in [1.54, 1.807) is 7.11 Å². The lowest BCUT2D eigenvalue weighted by Crippen LogP contribution is -2.17. The van der Waals surface area contributed by atoms with Gasteiger partial charge in [-0.05, 0) is 37.1 Å². The maximum Gasteiger partial charge on any atom is 0.0700 e. The molecule has 0 aromatic heterocycles. The smallest absolute Gasteiger partial charge is 0.0700 e. The monoisotopic (exact) mass is 271 g/mol. The highest BCUT2D eigenvalue weighted by Gasteiger charge is 1.99. The Hall–Kier alpha value is -0.610. The normalized spacial score (nSPS) is 10.8. The maximum atomic E-state index is 6.15. The summed E-state index contributed by atoms with van der Waals surface area (Å²) in [4.78, 5) is 0. The van der Waals surface area contributed by atoms with Crippen LogP contribution in [0, 0.1) is 6.92 Å². The molecule has 1 aromatic carbocycles. The van der Waals surface area contributed by atoms with Crippen molar-refractivity contribution in [1.82, 2.24) is 5.32 Å². The zero-order chi connectivity index (χ0) is 13.2. The lowest BCUT2D eigenvalue weighted by Gasteiger charge is -2.08. The van der Waals surface area contributed by atoms with Crippen LogP contribution in [-0.4, -0.2) is 33.5 Å². The van der Waals surface area contributed by atoms with E-state index in [1.165, 1.54) is 5.56 Å². The summed E-state index contributed by atoms with van der Waals surface area (Å²) in [5, 5.41) is 4.19. The maximum absolute atomic E-state index is 6.15. The second kappa shape index (κ2) is 9.34. The predicted octanol–water partition coefficient (Wildman–Crippen LogP) is 2.79. The summed E-state index contributed by atoms with van der Waals surface area (Å²) in [5.41, 5.74) is 2.33. The van der Waals surface area contributed by atoms with Gasteiger partial charge in [0.2, 0.25) is 0 Å². The second-order valence-corrected chi connectivity index (χ2v) is 4.64. The van der Waals surface area contributed by atoms with Crippen LogP contribution in [0.2, 0.25) is 5.02 Å². The first-order valence-electron chi connectivity index (χ1n) is 6.26. The van der Waals surface area contributed by atoms with Crippen LogP contribution in [0.4, 0.5) is 0 Å². The number of aryl methyl sites for hydroxylation is 1. The van der Waals surface area contributed by atoms with Gasteiger partial charge in [0.1, 0.15) is 0 Å². The summed E-state index contributed by atoms with van der Waals surface area (Å²) >= 11 is 6.15. The van der Waals surface area contributed by atoms with Gasteiger partial charge in [-0.3, -0.25) is 0 Å². The fraction of sp³-hybridized carbons (Fsp3) is 0.571. The molecule has 0 unspecified atom stereocenters. The number of nitrogens with one attached hydrogen (secondary N) is 1. The van der Waals surface area contributed by atoms with Crippen LogP contribution in [0.5, 0.6) is 0 Å². The van der Waals surface area contributed by atoms with Crippen molar-refractivity contribution >= 4 is 11.6 Å². The second-order valence-electron chi connectivity index (χ2n) is 4.23. The summed E-state index contributed by atoms with van der Waals surface area (Å²) in [5.74, 6) is 0. The van der Waals surface area contributed by atoms with Crippen LogP contribution in [-0.2, 0) is 16.0 Å². The van der Waals surface area contributed by atoms with Crippen molar-refractivity contribution in [1.29, 1.82) is 0 Å². The topological polar surface area (TPSA) is 30.5 Å². The third kappa shape index (κ3) is 6.36. The van der Waals surface area contributed by atoms with Gasteiger partial charge in [-0.15, -0.1) is 0 Å². The average Bonchev–Trinajstić information content (AvgIpc) is 2.35. The Bertz CT molecular complexity index is 345. The summed E-state index contributed by atoms with van der Waals surface area (Å²) < 4.78 is 10.3. The molecule has 3 nitrogen and oxygen atoms in total. The summed E-state index contributed by atoms with van der Waals surface area (Å²) in [6.07, 6.45) is 0.993. The Balaban J connectivity index is 2.07. The number of methoxy groups -OCH3 is 1. The molecule has 0 saturated heterocycles. The third-order valence-electron chi connectivity index (χ3n) is 2.60. The van der Waals surface area contributed by atoms with Gasteiger partial charge in [-0.25, -0.2) is 0 Å². The molecule has 0 radical (unpaired) electrons. The first-order chi connectivity index (χ1) is 8.74. The van der Waals surface area contributed by atoms with Crippen molar-refractivity contribution in [2.24, 2.45) is 0 Å². The molecule has 0 bridgehead atoms. The molecule has 0 aliphatic rings. The van der Waals surface area contributed by atoms with Crippen LogP contribution >= 0.6 is 11.6 Å². The molecule has 0 spiro atoms. The molecular weight excluding hydrogens is 250 g/mol. The van der Waals surface area contributed by atoms with E-state index in [0.717, 1.165) is 36.7 Å². The molecule has 102 valence electrons. The lowest BCUT2D eigenvalue weighted by molar-refractivity contribution is 0.0695. The first kappa shape index (κ1) is 15.4. The minimum Gasteiger partial charge on any atom is -0.382 e. The van der Waals surface area contributed by atoms with E-state index in [0.29, 0.717) is 13.2 Å². The highest BCUT2D eigenvalue weighted by atomic mass is 35.5. The molecule has 1 N–H and O–H groups in total. The van der Waals surface area contributed by atoms with Gasteiger partial charge in [0.15, 0.2) is 0 Å². The van der Waals surface area contributed by atoms with Gasteiger partial charge >= 0.3 is 0 Å². The molecule has 0 amide bonds. The lowest BCUT2D eigenvalue weighted by atomic mass is 10.1. The minimum absolute atomic E-state index is 0.659. The standard InChI is InChI=1S/C14H22ClNO2/c1-12-4-5-13(14(15)10-12)11-16-6-3-7-18-9-8-17-2/h4-5,10,16H,3,6-9,11H2,1-2H3. The summed E-state index contributed by atoms with van der Waals surface area (Å²) in [6, 6.07) is 6.14. The molecule has 0 aliphatic heterocycles. The molecule has 18 heavy (non-hydrogen) atoms. The Morgan fingerprint density at radius 1 is 1.22 bits per heavy atom. The van der Waals surface area contributed by atoms with Gasteiger partial charge < -0.3 is 14.8 Å². The Morgan fingerprint density at radius 3 is 2.78 bits per heavy atom. The largest absolute Gasteiger partial charge is 0.382 e. The Labute approximate surface area is 114 Å². The predicted molar refractivity (Wildman–Crippen MR) is 75.2 cm³/mol. The van der Waals surface area contributed by atoms with Gasteiger partial charge in [-0.1, -0.05) is 23.7 Å². The number of hydrogen-bond acceptors (Lipinski definition) is 3. The van der Waals surface area contributed by atoms with E-state index in [4.69, 9.17) is 21.1 Å². The van der Waals surface area contributed by atoms with Gasteiger partial charge in [-0.2, -0.15) is 0 Å². The van der Waals surface area contributed by atoms with Crippen LogP contribution in [0.15, 0.2) is 18.2 Å². The highest BCUT2D eigenvalue weighted by molar-refractivity contribution is 6.31. The summed E-state index contributed by atoms with van der Waals surface area (Å²) in [7, 11) is 1.68. The van der Waals surface area contributed by atoms with E-state index in [-0.39, 0.29) is 0 Å². The van der Waals surface area contributed by atoms with E-state index in [2.05, 4.69) is 17.4 Å². The SMILES string of the molecule is COCCOCCCNCc1ccc(C)cc1Cl. The quantitative estimate of drug-likeness (QED) is 0.701. The molecule has 0 fully saturated rings. The van der Waals surface area contributed by atoms with Crippen molar-refractivity contribution in [2.75, 3.05) is 33.5 Å². The van der Waals surface area contributed by atoms with Gasteiger partial charge in [0, 0.05) is 25.3 Å². The van der Waals surface area contributed by atoms with Crippen molar-refractivity contribution in [2.45, 2.75) is 19.9 Å². The van der Waals surface area contributed by atoms with E-state index >= 15 is 0 Å². The zero-order valence-electron chi connectivity index (χ0n) is 11.2. The number of benzene rings is 1. The molecule has 0 aliphatic carbocycles. The van der Waals surface area contributed by atoms with E-state index in [1.807, 2.05) is 13.0 Å². The van der Waals surface area contributed by atoms with Crippen LogP contribution in [0.3, 0.4) is 0 Å². The van der Waals surface area contributed by atoms with Crippen LogP contribution in [0.25, 0.3) is 0 Å². The first-order valence-corrected chi connectivity index (χ1v) is 6.64. The minimum atomic E-state index is 0.659. The van der Waals surface area contributed by atoms with E-state index < -0.39 is 0 Å². The number of hydrogen-bond donors (Lipinski definition) is 1. The van der Waals surface area contributed by atoms with Crippen molar-refractivity contribution < 1.29 is 9.47 Å². The molecular formula is C14H22ClNO2. The fourth-order valence-corrected chi connectivity index (χ4v) is 1.86. The molecule has 0 atom stereocenters. The van der Waals surface area contributed by atoms with Crippen molar-refractivity contribution in [3.8, 4) is 0 Å². The van der Waals surface area contributed by atoms with Crippen molar-refractivity contribution in [3.05, 3.63) is 34.3 Å². The van der Waals surface area contributed by atoms with Gasteiger partial charge in [0.05, 0.1) is 13.2 Å². The molecule has 0 saturated carbocycles. The van der Waals surface area contributed by atoms with Crippen LogP contribution in [0.1, 0.15) is 17.5 Å². The Morgan fingerprint density at radius 2 is 2.06 bits per heavy atom. The highest BCUT2D eigenvalue weighted by Crippen LogP contribution is 2.17.